The average molecular weight is 726 g/mol. The Morgan fingerprint density at radius 1 is 0.551 bits per heavy atom. The van der Waals surface area contributed by atoms with Crippen LogP contribution in [0.15, 0.2) is 84.4 Å². The van der Waals surface area contributed by atoms with Crippen LogP contribution in [-0.2, 0) is 0 Å². The molecule has 0 amide bonds. The van der Waals surface area contributed by atoms with E-state index in [1.807, 2.05) is 67.5 Å². The van der Waals surface area contributed by atoms with Crippen molar-refractivity contribution in [1.82, 2.24) is 49.0 Å². The smallest absolute Gasteiger partial charge is 0.213 e. The Balaban J connectivity index is 0.000000154. The zero-order chi connectivity index (χ0) is 33.3. The van der Waals surface area contributed by atoms with E-state index in [0.29, 0.717) is 25.0 Å². The van der Waals surface area contributed by atoms with Crippen LogP contribution in [0.5, 0.6) is 11.8 Å². The van der Waals surface area contributed by atoms with Crippen LogP contribution < -0.4 is 9.47 Å². The van der Waals surface area contributed by atoms with Crippen molar-refractivity contribution in [2.75, 3.05) is 52.5 Å². The summed E-state index contributed by atoms with van der Waals surface area (Å²) < 4.78 is 16.0. The van der Waals surface area contributed by atoms with Crippen LogP contribution in [0, 0.1) is 0 Å². The normalized spacial score (nSPS) is 15.6. The zero-order valence-corrected chi connectivity index (χ0v) is 29.2. The van der Waals surface area contributed by atoms with Crippen molar-refractivity contribution in [2.24, 2.45) is 0 Å². The van der Waals surface area contributed by atoms with Crippen LogP contribution in [0.1, 0.15) is 38.5 Å². The maximum Gasteiger partial charge on any atom is 0.213 e. The van der Waals surface area contributed by atoms with Gasteiger partial charge in [0.2, 0.25) is 11.8 Å². The highest BCUT2D eigenvalue weighted by atomic mass is 79.9. The lowest BCUT2D eigenvalue weighted by Crippen LogP contribution is -2.33. The Hall–Kier alpha value is -4.46. The summed E-state index contributed by atoms with van der Waals surface area (Å²) in [5.41, 5.74) is 5.58. The molecular weight excluding hydrogens is 684 g/mol. The second kappa shape index (κ2) is 16.3. The van der Waals surface area contributed by atoms with E-state index in [9.17, 15) is 0 Å². The standard InChI is InChI=1S/C18H20BrN5O.C18H21N5O/c19-16-12-22-24-13-15(11-21-18(16)24)14-4-5-17(20-10-14)25-9-8-23-6-2-1-3-7-23;1-2-8-22(9-3-1)10-11-24-18-5-4-15(12-20-18)16-13-19-17-6-7-21-23(17)14-16/h4-5,10-13H,1-3,6-9H2;4-7,12-14H,1-3,8-11H2. The molecule has 49 heavy (non-hydrogen) atoms. The average Bonchev–Trinajstić information content (AvgIpc) is 3.79. The van der Waals surface area contributed by atoms with Crippen molar-refractivity contribution in [3.63, 3.8) is 0 Å². The van der Waals surface area contributed by atoms with E-state index in [4.69, 9.17) is 9.47 Å². The van der Waals surface area contributed by atoms with E-state index in [-0.39, 0.29) is 0 Å². The Labute approximate surface area is 294 Å². The number of rotatable bonds is 10. The largest absolute Gasteiger partial charge is 0.476 e. The summed E-state index contributed by atoms with van der Waals surface area (Å²) >= 11 is 3.43. The van der Waals surface area contributed by atoms with Crippen LogP contribution in [0.4, 0.5) is 0 Å². The SMILES string of the molecule is Brc1cnn2cc(-c3ccc(OCCN4CCCCC4)nc3)cnc12.c1cc2ncc(-c3ccc(OCCN4CCCCC4)nc3)cn2n1. The van der Waals surface area contributed by atoms with Gasteiger partial charge in [-0.3, -0.25) is 9.80 Å². The maximum atomic E-state index is 5.78. The van der Waals surface area contributed by atoms with E-state index >= 15 is 0 Å². The molecule has 8 heterocycles. The molecule has 0 bridgehead atoms. The molecule has 0 N–H and O–H groups in total. The third-order valence-corrected chi connectivity index (χ3v) is 9.47. The molecule has 254 valence electrons. The summed E-state index contributed by atoms with van der Waals surface area (Å²) in [6.07, 6.45) is 22.6. The molecule has 0 radical (unpaired) electrons. The number of aromatic nitrogens is 8. The van der Waals surface area contributed by atoms with E-state index in [1.54, 1.807) is 21.4 Å². The Morgan fingerprint density at radius 2 is 1.10 bits per heavy atom. The van der Waals surface area contributed by atoms with Gasteiger partial charge in [0.05, 0.1) is 16.9 Å². The van der Waals surface area contributed by atoms with Crippen molar-refractivity contribution in [3.05, 3.63) is 84.4 Å². The molecule has 0 spiro atoms. The fraction of sp³-hybridized carbons (Fsp3) is 0.389. The predicted molar refractivity (Wildman–Crippen MR) is 192 cm³/mol. The van der Waals surface area contributed by atoms with Gasteiger partial charge in [0, 0.05) is 90.7 Å². The fourth-order valence-electron chi connectivity index (χ4n) is 6.15. The van der Waals surface area contributed by atoms with Gasteiger partial charge in [-0.25, -0.2) is 29.0 Å². The summed E-state index contributed by atoms with van der Waals surface area (Å²) in [5, 5.41) is 8.48. The Bertz CT molecular complexity index is 1920. The van der Waals surface area contributed by atoms with Gasteiger partial charge in [0.15, 0.2) is 11.3 Å². The third-order valence-electron chi connectivity index (χ3n) is 8.91. The van der Waals surface area contributed by atoms with Crippen LogP contribution in [0.2, 0.25) is 0 Å². The van der Waals surface area contributed by atoms with Crippen molar-refractivity contribution in [2.45, 2.75) is 38.5 Å². The highest BCUT2D eigenvalue weighted by molar-refractivity contribution is 9.10. The Morgan fingerprint density at radius 3 is 1.67 bits per heavy atom. The number of halogens is 1. The number of ether oxygens (including phenoxy) is 2. The molecule has 12 nitrogen and oxygen atoms in total. The van der Waals surface area contributed by atoms with Crippen molar-refractivity contribution < 1.29 is 9.47 Å². The number of likely N-dealkylation sites (tertiary alicyclic amines) is 2. The first-order valence-corrected chi connectivity index (χ1v) is 17.9. The predicted octanol–water partition coefficient (Wildman–Crippen LogP) is 6.07. The first-order chi connectivity index (χ1) is 24.2. The minimum Gasteiger partial charge on any atom is -0.476 e. The molecule has 13 heteroatoms. The van der Waals surface area contributed by atoms with Gasteiger partial charge in [-0.15, -0.1) is 0 Å². The molecule has 2 aliphatic heterocycles. The molecule has 0 aliphatic carbocycles. The fourth-order valence-corrected chi connectivity index (χ4v) is 6.53. The summed E-state index contributed by atoms with van der Waals surface area (Å²) in [6.45, 7) is 8.08. The second-order valence-corrected chi connectivity index (χ2v) is 13.2. The van der Waals surface area contributed by atoms with Crippen LogP contribution >= 0.6 is 15.9 Å². The van der Waals surface area contributed by atoms with Crippen molar-refractivity contribution >= 4 is 27.2 Å². The summed E-state index contributed by atoms with van der Waals surface area (Å²) in [7, 11) is 0. The van der Waals surface area contributed by atoms with E-state index < -0.39 is 0 Å². The number of piperidine rings is 2. The molecule has 0 aromatic carbocycles. The number of hydrogen-bond donors (Lipinski definition) is 0. The maximum absolute atomic E-state index is 5.78. The molecular formula is C36H41BrN10O2. The van der Waals surface area contributed by atoms with Gasteiger partial charge < -0.3 is 9.47 Å². The zero-order valence-electron chi connectivity index (χ0n) is 27.6. The molecule has 0 saturated carbocycles. The van der Waals surface area contributed by atoms with E-state index in [0.717, 1.165) is 51.1 Å². The summed E-state index contributed by atoms with van der Waals surface area (Å²) in [6, 6.07) is 9.72. The molecule has 6 aromatic rings. The highest BCUT2D eigenvalue weighted by Gasteiger charge is 2.12. The number of nitrogens with zero attached hydrogens (tertiary/aromatic N) is 10. The summed E-state index contributed by atoms with van der Waals surface area (Å²) in [5.74, 6) is 1.33. The lowest BCUT2D eigenvalue weighted by atomic mass is 10.1. The number of pyridine rings is 2. The van der Waals surface area contributed by atoms with Gasteiger partial charge in [-0.2, -0.15) is 10.2 Å². The van der Waals surface area contributed by atoms with Crippen LogP contribution in [0.25, 0.3) is 33.5 Å². The van der Waals surface area contributed by atoms with Crippen molar-refractivity contribution in [3.8, 4) is 34.0 Å². The molecule has 2 fully saturated rings. The minimum atomic E-state index is 0.664. The molecule has 6 aromatic heterocycles. The lowest BCUT2D eigenvalue weighted by molar-refractivity contribution is 0.180. The first-order valence-electron chi connectivity index (χ1n) is 17.1. The van der Waals surface area contributed by atoms with Crippen LogP contribution in [0.3, 0.4) is 0 Å². The first kappa shape index (κ1) is 33.1. The van der Waals surface area contributed by atoms with Gasteiger partial charge in [-0.05, 0) is 79.9 Å². The van der Waals surface area contributed by atoms with Gasteiger partial charge in [0.1, 0.15) is 13.2 Å². The Kier molecular flexibility index (Phi) is 11.0. The number of fused-ring (bicyclic) bond motifs is 2. The molecule has 2 aliphatic rings. The molecule has 2 saturated heterocycles. The third kappa shape index (κ3) is 8.77. The quantitative estimate of drug-likeness (QED) is 0.165. The monoisotopic (exact) mass is 724 g/mol. The van der Waals surface area contributed by atoms with E-state index in [1.165, 1.54) is 64.7 Å². The molecule has 8 rings (SSSR count). The second-order valence-electron chi connectivity index (χ2n) is 12.4. The molecule has 0 atom stereocenters. The molecule has 0 unspecified atom stereocenters. The van der Waals surface area contributed by atoms with Gasteiger partial charge >= 0.3 is 0 Å². The lowest BCUT2D eigenvalue weighted by Gasteiger charge is -2.26. The summed E-state index contributed by atoms with van der Waals surface area (Å²) in [4.78, 5) is 22.6. The topological polar surface area (TPSA) is 111 Å². The number of hydrogen-bond acceptors (Lipinski definition) is 10. The van der Waals surface area contributed by atoms with Crippen molar-refractivity contribution in [1.29, 1.82) is 0 Å². The van der Waals surface area contributed by atoms with Gasteiger partial charge in [0.25, 0.3) is 0 Å². The minimum absolute atomic E-state index is 0.664. The van der Waals surface area contributed by atoms with Crippen LogP contribution in [-0.4, -0.2) is 101 Å². The van der Waals surface area contributed by atoms with Gasteiger partial charge in [-0.1, -0.05) is 12.8 Å². The van der Waals surface area contributed by atoms with E-state index in [2.05, 4.69) is 55.9 Å². The highest BCUT2D eigenvalue weighted by Crippen LogP contribution is 2.23.